The van der Waals surface area contributed by atoms with Crippen molar-refractivity contribution in [3.63, 3.8) is 0 Å². The number of rotatable bonds is 6. The lowest BCUT2D eigenvalue weighted by molar-refractivity contribution is -0.120. The van der Waals surface area contributed by atoms with Crippen LogP contribution in [0.1, 0.15) is 38.5 Å². The van der Waals surface area contributed by atoms with Gasteiger partial charge < -0.3 is 25.3 Å². The van der Waals surface area contributed by atoms with Crippen LogP contribution in [0.3, 0.4) is 0 Å². The molecule has 3 aliphatic rings. The van der Waals surface area contributed by atoms with Crippen LogP contribution in [-0.2, 0) is 9.53 Å². The standard InChI is InChI=1S/C33H35FN6O3/c34-26-14-23(37-32(41)20-4-2-1-3-5-20)6-8-25(26)28-15-29(31-27(38-28)10-12-35-33(31)42)39-30-9-7-24(16-36-30)40-17-21-11-13-43-19-22(21)18-40/h6-10,12,14-16,20-22H,1-5,11,13,17-19H2,(H,35,42)(H,37,41)(H,36,38,39)/t21?,22-/m1/s1. The zero-order valence-electron chi connectivity index (χ0n) is 23.9. The smallest absolute Gasteiger partial charge is 0.259 e. The van der Waals surface area contributed by atoms with Crippen molar-refractivity contribution < 1.29 is 13.9 Å². The molecule has 1 aromatic carbocycles. The van der Waals surface area contributed by atoms with Crippen LogP contribution in [-0.4, -0.2) is 47.2 Å². The van der Waals surface area contributed by atoms with Crippen molar-refractivity contribution in [2.24, 2.45) is 17.8 Å². The van der Waals surface area contributed by atoms with Crippen LogP contribution < -0.4 is 21.1 Å². The molecule has 3 fully saturated rings. The van der Waals surface area contributed by atoms with Crippen LogP contribution >= 0.6 is 0 Å². The van der Waals surface area contributed by atoms with E-state index in [2.05, 4.69) is 30.5 Å². The molecule has 0 radical (unpaired) electrons. The number of ether oxygens (including phenoxy) is 1. The Morgan fingerprint density at radius 1 is 1.02 bits per heavy atom. The van der Waals surface area contributed by atoms with E-state index < -0.39 is 5.82 Å². The Hall–Kier alpha value is -4.31. The van der Waals surface area contributed by atoms with Gasteiger partial charge in [-0.3, -0.25) is 9.59 Å². The number of hydrogen-bond donors (Lipinski definition) is 3. The number of pyridine rings is 3. The summed E-state index contributed by atoms with van der Waals surface area (Å²) in [4.78, 5) is 39.8. The molecule has 10 heteroatoms. The number of carbonyl (C=O) groups is 1. The third-order valence-electron chi connectivity index (χ3n) is 9.14. The molecular weight excluding hydrogens is 547 g/mol. The topological polar surface area (TPSA) is 112 Å². The first-order chi connectivity index (χ1) is 21.0. The van der Waals surface area contributed by atoms with E-state index in [-0.39, 0.29) is 22.9 Å². The fourth-order valence-electron chi connectivity index (χ4n) is 6.76. The summed E-state index contributed by atoms with van der Waals surface area (Å²) < 4.78 is 21.1. The first-order valence-electron chi connectivity index (χ1n) is 15.2. The predicted molar refractivity (Wildman–Crippen MR) is 165 cm³/mol. The lowest BCUT2D eigenvalue weighted by atomic mass is 9.88. The van der Waals surface area contributed by atoms with Gasteiger partial charge in [-0.1, -0.05) is 19.3 Å². The van der Waals surface area contributed by atoms with E-state index in [9.17, 15) is 9.59 Å². The Labute approximate surface area is 248 Å². The van der Waals surface area contributed by atoms with Crippen molar-refractivity contribution in [1.29, 1.82) is 0 Å². The number of carbonyl (C=O) groups excluding carboxylic acids is 1. The van der Waals surface area contributed by atoms with Gasteiger partial charge in [0.25, 0.3) is 5.56 Å². The minimum atomic E-state index is -0.511. The molecule has 2 saturated heterocycles. The molecule has 9 nitrogen and oxygen atoms in total. The Balaban J connectivity index is 1.14. The van der Waals surface area contributed by atoms with Crippen LogP contribution in [0.4, 0.5) is 27.3 Å². The lowest BCUT2D eigenvalue weighted by Crippen LogP contribution is -2.25. The summed E-state index contributed by atoms with van der Waals surface area (Å²) in [7, 11) is 0. The molecule has 1 aliphatic carbocycles. The van der Waals surface area contributed by atoms with E-state index >= 15 is 4.39 Å². The molecule has 0 spiro atoms. The van der Waals surface area contributed by atoms with Crippen LogP contribution in [0.5, 0.6) is 0 Å². The minimum absolute atomic E-state index is 0.0257. The molecule has 43 heavy (non-hydrogen) atoms. The molecule has 3 N–H and O–H groups in total. The summed E-state index contributed by atoms with van der Waals surface area (Å²) in [6, 6.07) is 11.9. The lowest BCUT2D eigenvalue weighted by Gasteiger charge is -2.23. The summed E-state index contributed by atoms with van der Waals surface area (Å²) in [6.07, 6.45) is 9.46. The second-order valence-electron chi connectivity index (χ2n) is 12.0. The summed E-state index contributed by atoms with van der Waals surface area (Å²) in [5.41, 5.74) is 2.69. The third kappa shape index (κ3) is 5.71. The highest BCUT2D eigenvalue weighted by molar-refractivity contribution is 5.95. The van der Waals surface area contributed by atoms with Gasteiger partial charge in [0.1, 0.15) is 11.6 Å². The van der Waals surface area contributed by atoms with Crippen molar-refractivity contribution >= 4 is 39.7 Å². The molecule has 1 unspecified atom stereocenters. The second kappa shape index (κ2) is 11.8. The van der Waals surface area contributed by atoms with Gasteiger partial charge in [-0.25, -0.2) is 14.4 Å². The largest absolute Gasteiger partial charge is 0.381 e. The van der Waals surface area contributed by atoms with Crippen molar-refractivity contribution in [3.05, 3.63) is 71.0 Å². The van der Waals surface area contributed by atoms with Gasteiger partial charge in [-0.15, -0.1) is 0 Å². The van der Waals surface area contributed by atoms with Crippen LogP contribution in [0.15, 0.2) is 59.7 Å². The predicted octanol–water partition coefficient (Wildman–Crippen LogP) is 5.86. The number of nitrogens with zero attached hydrogens (tertiary/aromatic N) is 3. The molecule has 222 valence electrons. The molecular formula is C33H35FN6O3. The number of hydrogen-bond acceptors (Lipinski definition) is 7. The number of nitrogens with one attached hydrogen (secondary N) is 3. The van der Waals surface area contributed by atoms with E-state index in [1.807, 2.05) is 18.3 Å². The SMILES string of the molecule is O=C(Nc1ccc(-c2cc(Nc3ccc(N4CC5CCOC[C@H]5C4)cn3)c3c(=O)[nH]ccc3n2)c(F)c1)C1CCCCC1. The van der Waals surface area contributed by atoms with Crippen molar-refractivity contribution in [1.82, 2.24) is 15.0 Å². The zero-order valence-corrected chi connectivity index (χ0v) is 23.9. The van der Waals surface area contributed by atoms with Crippen LogP contribution in [0.2, 0.25) is 0 Å². The quantitative estimate of drug-likeness (QED) is 0.261. The molecule has 1 amide bonds. The van der Waals surface area contributed by atoms with E-state index in [1.165, 1.54) is 12.3 Å². The Bertz CT molecular complexity index is 1690. The van der Waals surface area contributed by atoms with Gasteiger partial charge in [0.2, 0.25) is 5.91 Å². The molecule has 1 saturated carbocycles. The number of aromatic amines is 1. The minimum Gasteiger partial charge on any atom is -0.381 e. The van der Waals surface area contributed by atoms with E-state index in [0.717, 1.165) is 70.5 Å². The van der Waals surface area contributed by atoms with E-state index in [0.29, 0.717) is 45.6 Å². The van der Waals surface area contributed by atoms with E-state index in [1.54, 1.807) is 24.3 Å². The van der Waals surface area contributed by atoms with Gasteiger partial charge in [0, 0.05) is 49.0 Å². The average molecular weight is 583 g/mol. The molecule has 0 bridgehead atoms. The van der Waals surface area contributed by atoms with E-state index in [4.69, 9.17) is 4.74 Å². The van der Waals surface area contributed by atoms with Crippen molar-refractivity contribution in [2.75, 3.05) is 41.8 Å². The molecule has 2 atom stereocenters. The fraction of sp³-hybridized carbons (Fsp3) is 0.394. The average Bonchev–Trinajstić information content (AvgIpc) is 3.46. The maximum absolute atomic E-state index is 15.5. The maximum atomic E-state index is 15.5. The highest BCUT2D eigenvalue weighted by Gasteiger charge is 2.35. The Kier molecular flexibility index (Phi) is 7.52. The molecule has 4 aromatic rings. The number of fused-ring (bicyclic) bond motifs is 2. The summed E-state index contributed by atoms with van der Waals surface area (Å²) in [5, 5.41) is 6.50. The van der Waals surface area contributed by atoms with Gasteiger partial charge in [-0.2, -0.15) is 0 Å². The number of halogens is 1. The van der Waals surface area contributed by atoms with Gasteiger partial charge in [0.05, 0.1) is 40.8 Å². The normalized spacial score (nSPS) is 20.6. The summed E-state index contributed by atoms with van der Waals surface area (Å²) in [5.74, 6) is 1.18. The molecule has 5 heterocycles. The number of aromatic nitrogens is 3. The number of amides is 1. The molecule has 3 aromatic heterocycles. The van der Waals surface area contributed by atoms with Crippen LogP contribution in [0.25, 0.3) is 22.2 Å². The first kappa shape index (κ1) is 27.5. The molecule has 7 rings (SSSR count). The third-order valence-corrected chi connectivity index (χ3v) is 9.14. The monoisotopic (exact) mass is 582 g/mol. The highest BCUT2D eigenvalue weighted by Crippen LogP contribution is 2.34. The second-order valence-corrected chi connectivity index (χ2v) is 12.0. The summed E-state index contributed by atoms with van der Waals surface area (Å²) >= 11 is 0. The number of benzene rings is 1. The number of anilines is 4. The van der Waals surface area contributed by atoms with Gasteiger partial charge in [0.15, 0.2) is 0 Å². The first-order valence-corrected chi connectivity index (χ1v) is 15.2. The van der Waals surface area contributed by atoms with Crippen molar-refractivity contribution in [2.45, 2.75) is 38.5 Å². The molecule has 2 aliphatic heterocycles. The van der Waals surface area contributed by atoms with Gasteiger partial charge >= 0.3 is 0 Å². The fourth-order valence-corrected chi connectivity index (χ4v) is 6.76. The zero-order chi connectivity index (χ0) is 29.3. The van der Waals surface area contributed by atoms with Gasteiger partial charge in [-0.05, 0) is 67.6 Å². The summed E-state index contributed by atoms with van der Waals surface area (Å²) in [6.45, 7) is 3.62. The number of H-pyrrole nitrogens is 1. The van der Waals surface area contributed by atoms with Crippen LogP contribution in [0, 0.1) is 23.6 Å². The Morgan fingerprint density at radius 2 is 1.88 bits per heavy atom. The maximum Gasteiger partial charge on any atom is 0.259 e. The Morgan fingerprint density at radius 3 is 2.67 bits per heavy atom. The highest BCUT2D eigenvalue weighted by atomic mass is 19.1. The van der Waals surface area contributed by atoms with Crippen molar-refractivity contribution in [3.8, 4) is 11.3 Å².